The average molecular weight is 367 g/mol. The number of thioether (sulfide) groups is 1. The predicted molar refractivity (Wildman–Crippen MR) is 86.1 cm³/mol. The number of halogens is 3. The minimum Gasteiger partial charge on any atom is -0.258 e. The number of nitro groups is 1. The maximum Gasteiger partial charge on any atom is 0.417 e. The number of hydrogen-bond acceptors (Lipinski definition) is 5. The second kappa shape index (κ2) is 7.11. The van der Waals surface area contributed by atoms with Crippen LogP contribution in [0, 0.1) is 35.3 Å². The molecule has 0 saturated heterocycles. The molecule has 0 atom stereocenters. The molecule has 1 heterocycles. The summed E-state index contributed by atoms with van der Waals surface area (Å²) in [7, 11) is 0. The largest absolute Gasteiger partial charge is 0.417 e. The van der Waals surface area contributed by atoms with Crippen LogP contribution in [0.5, 0.6) is 0 Å². The molecule has 0 saturated carbocycles. The Hall–Kier alpha value is -2.60. The lowest BCUT2D eigenvalue weighted by Gasteiger charge is -2.13. The smallest absolute Gasteiger partial charge is 0.258 e. The number of nitriles is 1. The van der Waals surface area contributed by atoms with Crippen LogP contribution in [0.4, 0.5) is 18.9 Å². The molecule has 1 aromatic carbocycles. The molecule has 130 valence electrons. The fourth-order valence-electron chi connectivity index (χ4n) is 2.25. The molecule has 25 heavy (non-hydrogen) atoms. The highest BCUT2D eigenvalue weighted by atomic mass is 32.2. The van der Waals surface area contributed by atoms with Crippen LogP contribution >= 0.6 is 11.8 Å². The molecule has 0 N–H and O–H groups in total. The Morgan fingerprint density at radius 1 is 1.36 bits per heavy atom. The molecule has 0 amide bonds. The van der Waals surface area contributed by atoms with Crippen molar-refractivity contribution in [3.63, 3.8) is 0 Å². The molecule has 0 radical (unpaired) electrons. The zero-order valence-corrected chi connectivity index (χ0v) is 14.0. The van der Waals surface area contributed by atoms with E-state index in [0.29, 0.717) is 11.1 Å². The number of aryl methyl sites for hydroxylation is 1. The van der Waals surface area contributed by atoms with E-state index in [9.17, 15) is 23.3 Å². The molecule has 0 aliphatic rings. The highest BCUT2D eigenvalue weighted by molar-refractivity contribution is 7.98. The molecule has 5 nitrogen and oxygen atoms in total. The Bertz CT molecular complexity index is 876. The van der Waals surface area contributed by atoms with Gasteiger partial charge in [0.15, 0.2) is 0 Å². The fraction of sp³-hybridized carbons (Fsp3) is 0.250. The maximum atomic E-state index is 13.1. The second-order valence-corrected chi connectivity index (χ2v) is 6.17. The summed E-state index contributed by atoms with van der Waals surface area (Å²) >= 11 is 0.948. The van der Waals surface area contributed by atoms with Crippen molar-refractivity contribution in [3.05, 3.63) is 62.3 Å². The summed E-state index contributed by atoms with van der Waals surface area (Å²) in [4.78, 5) is 14.5. The van der Waals surface area contributed by atoms with Crippen molar-refractivity contribution in [1.29, 1.82) is 5.26 Å². The van der Waals surface area contributed by atoms with Gasteiger partial charge >= 0.3 is 6.18 Å². The number of hydrogen-bond donors (Lipinski definition) is 0. The van der Waals surface area contributed by atoms with Gasteiger partial charge in [-0.25, -0.2) is 4.98 Å². The van der Waals surface area contributed by atoms with Crippen LogP contribution in [0.15, 0.2) is 29.3 Å². The minimum absolute atomic E-state index is 0.0410. The summed E-state index contributed by atoms with van der Waals surface area (Å²) in [6.45, 7) is 2.99. The van der Waals surface area contributed by atoms with Gasteiger partial charge in [-0.15, -0.1) is 11.8 Å². The Balaban J connectivity index is 2.40. The zero-order chi connectivity index (χ0) is 18.8. The first kappa shape index (κ1) is 18.7. The summed E-state index contributed by atoms with van der Waals surface area (Å²) < 4.78 is 39.3. The van der Waals surface area contributed by atoms with Crippen LogP contribution in [0.25, 0.3) is 0 Å². The van der Waals surface area contributed by atoms with Gasteiger partial charge in [0.05, 0.1) is 16.1 Å². The molecule has 9 heteroatoms. The summed E-state index contributed by atoms with van der Waals surface area (Å²) in [6, 6.07) is 6.93. The Labute approximate surface area is 145 Å². The lowest BCUT2D eigenvalue weighted by atomic mass is 10.1. The maximum absolute atomic E-state index is 13.1. The molecule has 0 aliphatic heterocycles. The van der Waals surface area contributed by atoms with Crippen LogP contribution in [-0.2, 0) is 11.9 Å². The average Bonchev–Trinajstić information content (AvgIpc) is 2.52. The normalized spacial score (nSPS) is 11.2. The van der Waals surface area contributed by atoms with E-state index < -0.39 is 22.2 Å². The van der Waals surface area contributed by atoms with Crippen LogP contribution in [0.3, 0.4) is 0 Å². The first-order valence-corrected chi connectivity index (χ1v) is 7.98. The van der Waals surface area contributed by atoms with Gasteiger partial charge in [-0.05, 0) is 25.5 Å². The molecule has 0 bridgehead atoms. The molecule has 0 aliphatic carbocycles. The highest BCUT2D eigenvalue weighted by Gasteiger charge is 2.35. The van der Waals surface area contributed by atoms with Crippen LogP contribution < -0.4 is 0 Å². The van der Waals surface area contributed by atoms with Gasteiger partial charge in [-0.3, -0.25) is 10.1 Å². The highest BCUT2D eigenvalue weighted by Crippen LogP contribution is 2.37. The molecule has 2 rings (SSSR count). The van der Waals surface area contributed by atoms with Gasteiger partial charge in [0, 0.05) is 23.1 Å². The lowest BCUT2D eigenvalue weighted by Crippen LogP contribution is -2.10. The van der Waals surface area contributed by atoms with E-state index in [1.54, 1.807) is 19.1 Å². The number of pyridine rings is 1. The lowest BCUT2D eigenvalue weighted by molar-refractivity contribution is -0.385. The van der Waals surface area contributed by atoms with Crippen LogP contribution in [0.2, 0.25) is 0 Å². The van der Waals surface area contributed by atoms with E-state index >= 15 is 0 Å². The number of rotatable bonds is 4. The van der Waals surface area contributed by atoms with E-state index in [2.05, 4.69) is 4.98 Å². The summed E-state index contributed by atoms with van der Waals surface area (Å²) in [5.74, 6) is 0.163. The van der Waals surface area contributed by atoms with Crippen molar-refractivity contribution in [1.82, 2.24) is 4.98 Å². The van der Waals surface area contributed by atoms with Gasteiger partial charge in [0.1, 0.15) is 11.1 Å². The summed E-state index contributed by atoms with van der Waals surface area (Å²) in [5.41, 5.74) is -0.453. The van der Waals surface area contributed by atoms with E-state index in [1.807, 2.05) is 0 Å². The number of alkyl halides is 3. The first-order chi connectivity index (χ1) is 11.6. The van der Waals surface area contributed by atoms with Gasteiger partial charge < -0.3 is 0 Å². The quantitative estimate of drug-likeness (QED) is 0.441. The molecule has 0 fully saturated rings. The van der Waals surface area contributed by atoms with Crippen molar-refractivity contribution < 1.29 is 18.1 Å². The molecule has 2 aromatic rings. The fourth-order valence-corrected chi connectivity index (χ4v) is 3.36. The zero-order valence-electron chi connectivity index (χ0n) is 13.2. The van der Waals surface area contributed by atoms with Gasteiger partial charge in [-0.2, -0.15) is 18.4 Å². The third kappa shape index (κ3) is 4.09. The Morgan fingerprint density at radius 3 is 2.60 bits per heavy atom. The van der Waals surface area contributed by atoms with Crippen molar-refractivity contribution >= 4 is 17.4 Å². The number of aromatic nitrogens is 1. The van der Waals surface area contributed by atoms with Crippen molar-refractivity contribution in [2.24, 2.45) is 0 Å². The van der Waals surface area contributed by atoms with E-state index in [0.717, 1.165) is 17.8 Å². The van der Waals surface area contributed by atoms with E-state index in [1.165, 1.54) is 19.1 Å². The van der Waals surface area contributed by atoms with Crippen molar-refractivity contribution in [3.8, 4) is 6.07 Å². The molecule has 0 spiro atoms. The van der Waals surface area contributed by atoms with Crippen LogP contribution in [-0.4, -0.2) is 9.91 Å². The Kier molecular flexibility index (Phi) is 5.33. The van der Waals surface area contributed by atoms with Gasteiger partial charge in [0.25, 0.3) is 5.69 Å². The number of nitrogens with zero attached hydrogens (tertiary/aromatic N) is 3. The molecular weight excluding hydrogens is 355 g/mol. The molecule has 1 aromatic heterocycles. The molecule has 0 unspecified atom stereocenters. The predicted octanol–water partition coefficient (Wildman–Crippen LogP) is 4.79. The summed E-state index contributed by atoms with van der Waals surface area (Å²) in [6.07, 6.45) is -4.66. The summed E-state index contributed by atoms with van der Waals surface area (Å²) in [5, 5.41) is 20.1. The third-order valence-corrected chi connectivity index (χ3v) is 4.53. The van der Waals surface area contributed by atoms with Gasteiger partial charge in [0.2, 0.25) is 0 Å². The first-order valence-electron chi connectivity index (χ1n) is 6.99. The standard InChI is InChI=1S/C16H12F3N3O2S/c1-9-6-13(16(17,18)19)12(7-20)15(21-9)25-8-11-4-3-5-14(10(11)2)22(23)24/h3-6H,8H2,1-2H3. The third-order valence-electron chi connectivity index (χ3n) is 3.51. The van der Waals surface area contributed by atoms with E-state index in [4.69, 9.17) is 5.26 Å². The van der Waals surface area contributed by atoms with Crippen molar-refractivity contribution in [2.45, 2.75) is 30.8 Å². The SMILES string of the molecule is Cc1cc(C(F)(F)F)c(C#N)c(SCc2cccc([N+](=O)[O-])c2C)n1. The monoisotopic (exact) mass is 367 g/mol. The Morgan fingerprint density at radius 2 is 2.04 bits per heavy atom. The van der Waals surface area contributed by atoms with Gasteiger partial charge in [-0.1, -0.05) is 12.1 Å². The van der Waals surface area contributed by atoms with Crippen LogP contribution in [0.1, 0.15) is 27.9 Å². The number of nitro benzene ring substituents is 1. The number of benzene rings is 1. The van der Waals surface area contributed by atoms with E-state index in [-0.39, 0.29) is 22.2 Å². The minimum atomic E-state index is -4.66. The molecular formula is C16H12F3N3O2S. The topological polar surface area (TPSA) is 79.8 Å². The second-order valence-electron chi connectivity index (χ2n) is 5.21. The van der Waals surface area contributed by atoms with Crippen molar-refractivity contribution in [2.75, 3.05) is 0 Å².